The minimum atomic E-state index is -3.06. The van der Waals surface area contributed by atoms with Crippen molar-refractivity contribution in [3.8, 4) is 11.8 Å². The van der Waals surface area contributed by atoms with E-state index in [1.54, 1.807) is 6.07 Å². The number of hydrogen-bond donors (Lipinski definition) is 1. The molecule has 0 bridgehead atoms. The second-order valence-corrected chi connectivity index (χ2v) is 3.33. The molecule has 1 aromatic carbocycles. The Balaban J connectivity index is 3.24. The highest BCUT2D eigenvalue weighted by molar-refractivity contribution is 5.72. The normalized spacial score (nSPS) is 10.1. The molecule has 0 amide bonds. The van der Waals surface area contributed by atoms with Gasteiger partial charge in [-0.2, -0.15) is 14.0 Å². The van der Waals surface area contributed by atoms with Crippen LogP contribution < -0.4 is 4.74 Å². The first-order valence-electron chi connectivity index (χ1n) is 4.64. The maximum absolute atomic E-state index is 12.2. The zero-order chi connectivity index (χ0) is 13.0. The summed E-state index contributed by atoms with van der Waals surface area (Å²) in [5.41, 5.74) is 0.728. The molecule has 0 fully saturated rings. The van der Waals surface area contributed by atoms with Gasteiger partial charge >= 0.3 is 12.6 Å². The molecule has 0 aromatic heterocycles. The molecule has 0 saturated heterocycles. The fourth-order valence-electron chi connectivity index (χ4n) is 1.43. The van der Waals surface area contributed by atoms with E-state index in [9.17, 15) is 13.6 Å². The second kappa shape index (κ2) is 5.25. The minimum Gasteiger partial charge on any atom is -0.481 e. The Bertz CT molecular complexity index is 480. The molecule has 17 heavy (non-hydrogen) atoms. The number of carbonyl (C=O) groups is 1. The second-order valence-electron chi connectivity index (χ2n) is 3.33. The number of aryl methyl sites for hydroxylation is 1. The number of nitrogens with zero attached hydrogens (tertiary/aromatic N) is 1. The zero-order valence-electron chi connectivity index (χ0n) is 8.91. The number of carboxylic acid groups (broad SMARTS) is 1. The largest absolute Gasteiger partial charge is 0.481 e. The van der Waals surface area contributed by atoms with E-state index in [4.69, 9.17) is 10.4 Å². The molecular formula is C11H9F2NO3. The van der Waals surface area contributed by atoms with Crippen molar-refractivity contribution in [3.63, 3.8) is 0 Å². The van der Waals surface area contributed by atoms with Crippen LogP contribution in [0.2, 0.25) is 0 Å². The number of ether oxygens (including phenoxy) is 1. The molecule has 6 heteroatoms. The molecule has 1 N–H and O–H groups in total. The lowest BCUT2D eigenvalue weighted by Gasteiger charge is -2.12. The highest BCUT2D eigenvalue weighted by atomic mass is 19.3. The lowest BCUT2D eigenvalue weighted by molar-refractivity contribution is -0.136. The molecule has 0 aliphatic carbocycles. The third-order valence-electron chi connectivity index (χ3n) is 2.11. The molecule has 0 saturated carbocycles. The van der Waals surface area contributed by atoms with Gasteiger partial charge in [-0.15, -0.1) is 0 Å². The fourth-order valence-corrected chi connectivity index (χ4v) is 1.43. The number of benzene rings is 1. The van der Waals surface area contributed by atoms with Crippen molar-refractivity contribution in [1.82, 2.24) is 0 Å². The van der Waals surface area contributed by atoms with Crippen LogP contribution >= 0.6 is 0 Å². The van der Waals surface area contributed by atoms with Gasteiger partial charge in [-0.25, -0.2) is 0 Å². The Morgan fingerprint density at radius 3 is 2.71 bits per heavy atom. The van der Waals surface area contributed by atoms with Crippen LogP contribution in [0.3, 0.4) is 0 Å². The number of rotatable bonds is 4. The first kappa shape index (κ1) is 12.9. The lowest BCUT2D eigenvalue weighted by Crippen LogP contribution is -2.09. The van der Waals surface area contributed by atoms with Gasteiger partial charge < -0.3 is 9.84 Å². The summed E-state index contributed by atoms with van der Waals surface area (Å²) < 4.78 is 28.5. The third kappa shape index (κ3) is 3.41. The van der Waals surface area contributed by atoms with E-state index >= 15 is 0 Å². The first-order chi connectivity index (χ1) is 7.93. The van der Waals surface area contributed by atoms with Gasteiger partial charge in [0.2, 0.25) is 0 Å². The smallest absolute Gasteiger partial charge is 0.387 e. The molecule has 0 aliphatic rings. The highest BCUT2D eigenvalue weighted by Gasteiger charge is 2.16. The Kier molecular flexibility index (Phi) is 3.99. The van der Waals surface area contributed by atoms with Crippen molar-refractivity contribution < 1.29 is 23.4 Å². The SMILES string of the molecule is Cc1cc(C#N)cc(OC(F)F)c1CC(=O)O. The molecule has 0 atom stereocenters. The van der Waals surface area contributed by atoms with Crippen LogP contribution in [0, 0.1) is 18.3 Å². The summed E-state index contributed by atoms with van der Waals surface area (Å²) in [4.78, 5) is 10.6. The van der Waals surface area contributed by atoms with Crippen molar-refractivity contribution in [2.75, 3.05) is 0 Å². The van der Waals surface area contributed by atoms with E-state index in [1.165, 1.54) is 13.0 Å². The molecule has 0 unspecified atom stereocenters. The minimum absolute atomic E-state index is 0.146. The van der Waals surface area contributed by atoms with E-state index in [0.29, 0.717) is 5.56 Å². The number of aliphatic carboxylic acids is 1. The quantitative estimate of drug-likeness (QED) is 0.876. The molecule has 1 rings (SSSR count). The maximum atomic E-state index is 12.2. The van der Waals surface area contributed by atoms with E-state index in [1.807, 2.05) is 0 Å². The van der Waals surface area contributed by atoms with Gasteiger partial charge in [-0.1, -0.05) is 0 Å². The molecule has 0 radical (unpaired) electrons. The van der Waals surface area contributed by atoms with Gasteiger partial charge in [0, 0.05) is 5.56 Å². The number of carboxylic acids is 1. The number of alkyl halides is 2. The lowest BCUT2D eigenvalue weighted by atomic mass is 10.0. The molecule has 0 spiro atoms. The number of nitriles is 1. The van der Waals surface area contributed by atoms with Crippen LogP contribution in [-0.4, -0.2) is 17.7 Å². The molecule has 4 nitrogen and oxygen atoms in total. The summed E-state index contributed by atoms with van der Waals surface area (Å²) in [6.07, 6.45) is -0.431. The van der Waals surface area contributed by atoms with Gasteiger partial charge in [0.05, 0.1) is 18.1 Å². The molecule has 0 heterocycles. The standard InChI is InChI=1S/C11H9F2NO3/c1-6-2-7(5-14)3-9(17-11(12)13)8(6)4-10(15)16/h2-3,11H,4H2,1H3,(H,15,16). The van der Waals surface area contributed by atoms with Crippen molar-refractivity contribution in [2.45, 2.75) is 20.0 Å². The average molecular weight is 241 g/mol. The number of halogens is 2. The Morgan fingerprint density at radius 2 is 2.24 bits per heavy atom. The Labute approximate surface area is 96.0 Å². The van der Waals surface area contributed by atoms with E-state index in [2.05, 4.69) is 4.74 Å². The van der Waals surface area contributed by atoms with Gasteiger partial charge in [-0.3, -0.25) is 4.79 Å². The first-order valence-corrected chi connectivity index (χ1v) is 4.64. The van der Waals surface area contributed by atoms with Crippen molar-refractivity contribution in [3.05, 3.63) is 28.8 Å². The van der Waals surface area contributed by atoms with Crippen LogP contribution in [-0.2, 0) is 11.2 Å². The molecule has 0 aliphatic heterocycles. The van der Waals surface area contributed by atoms with Gasteiger partial charge in [0.15, 0.2) is 0 Å². The summed E-state index contributed by atoms with van der Waals surface area (Å²) in [7, 11) is 0. The third-order valence-corrected chi connectivity index (χ3v) is 2.11. The van der Waals surface area contributed by atoms with Crippen LogP contribution in [0.4, 0.5) is 8.78 Å². The van der Waals surface area contributed by atoms with Crippen molar-refractivity contribution in [2.24, 2.45) is 0 Å². The summed E-state index contributed by atoms with van der Waals surface area (Å²) in [5, 5.41) is 17.4. The summed E-state index contributed by atoms with van der Waals surface area (Å²) in [6, 6.07) is 4.33. The Morgan fingerprint density at radius 1 is 1.59 bits per heavy atom. The zero-order valence-corrected chi connectivity index (χ0v) is 8.91. The monoisotopic (exact) mass is 241 g/mol. The van der Waals surface area contributed by atoms with Gasteiger partial charge in [0.25, 0.3) is 0 Å². The van der Waals surface area contributed by atoms with Gasteiger partial charge in [-0.05, 0) is 24.6 Å². The number of hydrogen-bond acceptors (Lipinski definition) is 3. The van der Waals surface area contributed by atoms with Crippen LogP contribution in [0.1, 0.15) is 16.7 Å². The van der Waals surface area contributed by atoms with E-state index in [-0.39, 0.29) is 16.9 Å². The summed E-state index contributed by atoms with van der Waals surface area (Å²) in [6.45, 7) is -1.52. The molecule has 1 aromatic rings. The van der Waals surface area contributed by atoms with Crippen LogP contribution in [0.5, 0.6) is 5.75 Å². The van der Waals surface area contributed by atoms with Crippen LogP contribution in [0.15, 0.2) is 12.1 Å². The van der Waals surface area contributed by atoms with Gasteiger partial charge in [0.1, 0.15) is 5.75 Å². The maximum Gasteiger partial charge on any atom is 0.387 e. The van der Waals surface area contributed by atoms with Crippen molar-refractivity contribution in [1.29, 1.82) is 5.26 Å². The van der Waals surface area contributed by atoms with E-state index < -0.39 is 19.0 Å². The topological polar surface area (TPSA) is 70.3 Å². The van der Waals surface area contributed by atoms with Crippen LogP contribution in [0.25, 0.3) is 0 Å². The van der Waals surface area contributed by atoms with Crippen molar-refractivity contribution >= 4 is 5.97 Å². The predicted octanol–water partition coefficient (Wildman–Crippen LogP) is 2.10. The molecule has 90 valence electrons. The van der Waals surface area contributed by atoms with E-state index in [0.717, 1.165) is 6.07 Å². The summed E-state index contributed by atoms with van der Waals surface area (Å²) in [5.74, 6) is -1.42. The molecular weight excluding hydrogens is 232 g/mol. The summed E-state index contributed by atoms with van der Waals surface area (Å²) >= 11 is 0. The fraction of sp³-hybridized carbons (Fsp3) is 0.273. The average Bonchev–Trinajstić information content (AvgIpc) is 2.21. The predicted molar refractivity (Wildman–Crippen MR) is 53.9 cm³/mol. The highest BCUT2D eigenvalue weighted by Crippen LogP contribution is 2.26. The Hall–Kier alpha value is -2.16.